The molecule has 2 aromatic carbocycles. The van der Waals surface area contributed by atoms with E-state index in [9.17, 15) is 19.2 Å². The lowest BCUT2D eigenvalue weighted by Gasteiger charge is -2.14. The standard InChI is InChI=1S/C22H24N2O5S/c25-19(23-17-10-9-15-6-3-4-7-16(15)12-17)14-30-18-13-20(26)24(22(18)29)11-5-1-2-8-21(27)28/h3-4,6-7,9-10,12,18H,1-2,5,8,11,13-14H2,(H,23,25)(H,27,28)/t18-/m0/s1. The number of nitrogens with zero attached hydrogens (tertiary/aromatic N) is 1. The number of amides is 3. The second-order valence-corrected chi connectivity index (χ2v) is 8.39. The Bertz CT molecular complexity index is 961. The Hall–Kier alpha value is -2.87. The highest BCUT2D eigenvalue weighted by molar-refractivity contribution is 8.01. The third-order valence-corrected chi connectivity index (χ3v) is 6.12. The number of rotatable bonds is 10. The quantitative estimate of drug-likeness (QED) is 0.445. The van der Waals surface area contributed by atoms with Crippen LogP contribution < -0.4 is 5.32 Å². The number of thioether (sulfide) groups is 1. The Morgan fingerprint density at radius 1 is 1.07 bits per heavy atom. The van der Waals surface area contributed by atoms with E-state index in [1.807, 2.05) is 42.5 Å². The maximum absolute atomic E-state index is 12.5. The van der Waals surface area contributed by atoms with E-state index in [1.54, 1.807) is 0 Å². The highest BCUT2D eigenvalue weighted by atomic mass is 32.2. The molecule has 0 saturated carbocycles. The van der Waals surface area contributed by atoms with Crippen LogP contribution >= 0.6 is 11.8 Å². The summed E-state index contributed by atoms with van der Waals surface area (Å²) in [6.45, 7) is 0.303. The number of carbonyl (C=O) groups excluding carboxylic acids is 3. The van der Waals surface area contributed by atoms with Crippen LogP contribution in [0.3, 0.4) is 0 Å². The van der Waals surface area contributed by atoms with E-state index in [0.717, 1.165) is 10.8 Å². The van der Waals surface area contributed by atoms with Crippen molar-refractivity contribution in [1.82, 2.24) is 4.90 Å². The average molecular weight is 429 g/mol. The number of imide groups is 1. The predicted molar refractivity (Wildman–Crippen MR) is 116 cm³/mol. The Labute approximate surface area is 178 Å². The molecule has 2 aromatic rings. The Morgan fingerprint density at radius 2 is 1.83 bits per heavy atom. The van der Waals surface area contributed by atoms with Crippen molar-refractivity contribution in [1.29, 1.82) is 0 Å². The van der Waals surface area contributed by atoms with Crippen LogP contribution in [0.4, 0.5) is 5.69 Å². The first-order chi connectivity index (χ1) is 14.4. The Kier molecular flexibility index (Phi) is 7.46. The number of aliphatic carboxylic acids is 1. The number of carboxylic acids is 1. The average Bonchev–Trinajstić information content (AvgIpc) is 2.99. The lowest BCUT2D eigenvalue weighted by atomic mass is 10.1. The van der Waals surface area contributed by atoms with Gasteiger partial charge < -0.3 is 10.4 Å². The van der Waals surface area contributed by atoms with Gasteiger partial charge in [-0.15, -0.1) is 11.8 Å². The van der Waals surface area contributed by atoms with Crippen molar-refractivity contribution in [2.24, 2.45) is 0 Å². The van der Waals surface area contributed by atoms with Crippen molar-refractivity contribution < 1.29 is 24.3 Å². The Balaban J connectivity index is 1.44. The van der Waals surface area contributed by atoms with Gasteiger partial charge in [0.1, 0.15) is 0 Å². The molecule has 3 amide bonds. The summed E-state index contributed by atoms with van der Waals surface area (Å²) < 4.78 is 0. The molecule has 1 fully saturated rings. The minimum Gasteiger partial charge on any atom is -0.481 e. The van der Waals surface area contributed by atoms with Crippen LogP contribution in [0.15, 0.2) is 42.5 Å². The smallest absolute Gasteiger partial charge is 0.303 e. The monoisotopic (exact) mass is 428 g/mol. The molecule has 2 N–H and O–H groups in total. The summed E-state index contributed by atoms with van der Waals surface area (Å²) in [5, 5.41) is 13.0. The molecule has 1 aliphatic heterocycles. The molecule has 0 unspecified atom stereocenters. The first-order valence-electron chi connectivity index (χ1n) is 9.90. The molecule has 3 rings (SSSR count). The normalized spacial score (nSPS) is 16.3. The molecule has 158 valence electrons. The molecule has 1 aliphatic rings. The molecular weight excluding hydrogens is 404 g/mol. The molecule has 0 aromatic heterocycles. The van der Waals surface area contributed by atoms with Crippen LogP contribution in [0, 0.1) is 0 Å². The summed E-state index contributed by atoms with van der Waals surface area (Å²) in [4.78, 5) is 48.6. The molecule has 1 heterocycles. The van der Waals surface area contributed by atoms with E-state index < -0.39 is 11.2 Å². The number of hydrogen-bond donors (Lipinski definition) is 2. The minimum atomic E-state index is -0.846. The zero-order chi connectivity index (χ0) is 21.5. The van der Waals surface area contributed by atoms with Gasteiger partial charge in [0, 0.05) is 25.1 Å². The van der Waals surface area contributed by atoms with Crippen molar-refractivity contribution in [2.45, 2.75) is 37.4 Å². The fraction of sp³-hybridized carbons (Fsp3) is 0.364. The molecule has 1 saturated heterocycles. The van der Waals surface area contributed by atoms with Crippen LogP contribution in [-0.2, 0) is 19.2 Å². The molecule has 0 aliphatic carbocycles. The third-order valence-electron chi connectivity index (χ3n) is 4.92. The van der Waals surface area contributed by atoms with Crippen LogP contribution in [0.1, 0.15) is 32.1 Å². The van der Waals surface area contributed by atoms with E-state index in [1.165, 1.54) is 16.7 Å². The molecule has 8 heteroatoms. The van der Waals surface area contributed by atoms with Gasteiger partial charge in [0.05, 0.1) is 11.0 Å². The number of anilines is 1. The molecule has 0 bridgehead atoms. The van der Waals surface area contributed by atoms with Crippen molar-refractivity contribution in [3.63, 3.8) is 0 Å². The van der Waals surface area contributed by atoms with Gasteiger partial charge in [0.2, 0.25) is 17.7 Å². The number of hydrogen-bond acceptors (Lipinski definition) is 5. The van der Waals surface area contributed by atoms with E-state index in [-0.39, 0.29) is 36.3 Å². The van der Waals surface area contributed by atoms with Gasteiger partial charge in [0.15, 0.2) is 0 Å². The zero-order valence-electron chi connectivity index (χ0n) is 16.5. The summed E-state index contributed by atoms with van der Waals surface area (Å²) in [7, 11) is 0. The van der Waals surface area contributed by atoms with Gasteiger partial charge in [-0.2, -0.15) is 0 Å². The van der Waals surface area contributed by atoms with E-state index in [4.69, 9.17) is 5.11 Å². The molecular formula is C22H24N2O5S. The number of unbranched alkanes of at least 4 members (excludes halogenated alkanes) is 2. The topological polar surface area (TPSA) is 104 Å². The summed E-state index contributed by atoms with van der Waals surface area (Å²) in [5.41, 5.74) is 0.691. The highest BCUT2D eigenvalue weighted by Crippen LogP contribution is 2.26. The number of fused-ring (bicyclic) bond motifs is 1. The second-order valence-electron chi connectivity index (χ2n) is 7.20. The lowest BCUT2D eigenvalue weighted by molar-refractivity contribution is -0.139. The highest BCUT2D eigenvalue weighted by Gasteiger charge is 2.38. The molecule has 30 heavy (non-hydrogen) atoms. The van der Waals surface area contributed by atoms with Gasteiger partial charge in [0.25, 0.3) is 0 Å². The number of benzene rings is 2. The fourth-order valence-electron chi connectivity index (χ4n) is 3.38. The number of carboxylic acid groups (broad SMARTS) is 1. The molecule has 7 nitrogen and oxygen atoms in total. The largest absolute Gasteiger partial charge is 0.481 e. The maximum Gasteiger partial charge on any atom is 0.303 e. The van der Waals surface area contributed by atoms with Gasteiger partial charge in [-0.25, -0.2) is 0 Å². The van der Waals surface area contributed by atoms with Crippen LogP contribution in [0.5, 0.6) is 0 Å². The van der Waals surface area contributed by atoms with Crippen molar-refractivity contribution in [3.8, 4) is 0 Å². The van der Waals surface area contributed by atoms with Crippen molar-refractivity contribution in [2.75, 3.05) is 17.6 Å². The third kappa shape index (κ3) is 5.82. The summed E-state index contributed by atoms with van der Waals surface area (Å²) in [5.74, 6) is -1.47. The minimum absolute atomic E-state index is 0.0863. The zero-order valence-corrected chi connectivity index (χ0v) is 17.3. The molecule has 0 spiro atoms. The van der Waals surface area contributed by atoms with Crippen LogP contribution in [0.2, 0.25) is 0 Å². The van der Waals surface area contributed by atoms with Gasteiger partial charge in [-0.3, -0.25) is 24.1 Å². The Morgan fingerprint density at radius 3 is 2.60 bits per heavy atom. The van der Waals surface area contributed by atoms with Crippen molar-refractivity contribution >= 4 is 51.9 Å². The molecule has 1 atom stereocenters. The van der Waals surface area contributed by atoms with Crippen LogP contribution in [0.25, 0.3) is 10.8 Å². The van der Waals surface area contributed by atoms with E-state index >= 15 is 0 Å². The van der Waals surface area contributed by atoms with Gasteiger partial charge in [-0.1, -0.05) is 36.8 Å². The van der Waals surface area contributed by atoms with E-state index in [0.29, 0.717) is 31.5 Å². The lowest BCUT2D eigenvalue weighted by Crippen LogP contribution is -2.32. The first-order valence-corrected chi connectivity index (χ1v) is 10.9. The number of likely N-dealkylation sites (tertiary alicyclic amines) is 1. The number of nitrogens with one attached hydrogen (secondary N) is 1. The summed E-state index contributed by atoms with van der Waals surface area (Å²) in [6, 6.07) is 13.5. The van der Waals surface area contributed by atoms with Gasteiger partial charge in [-0.05, 0) is 35.7 Å². The number of carbonyl (C=O) groups is 4. The van der Waals surface area contributed by atoms with Gasteiger partial charge >= 0.3 is 5.97 Å². The van der Waals surface area contributed by atoms with Crippen LogP contribution in [-0.4, -0.2) is 51.2 Å². The van der Waals surface area contributed by atoms with Crippen molar-refractivity contribution in [3.05, 3.63) is 42.5 Å². The SMILES string of the molecule is O=C(O)CCCCCN1C(=O)C[C@H](SCC(=O)Nc2ccc3ccccc3c2)C1=O. The maximum atomic E-state index is 12.5. The summed E-state index contributed by atoms with van der Waals surface area (Å²) >= 11 is 1.18. The first kappa shape index (κ1) is 21.8. The van der Waals surface area contributed by atoms with E-state index in [2.05, 4.69) is 5.32 Å². The molecule has 0 radical (unpaired) electrons. The fourth-order valence-corrected chi connectivity index (χ4v) is 4.34. The second kappa shape index (κ2) is 10.2. The predicted octanol–water partition coefficient (Wildman–Crippen LogP) is 3.28. The summed E-state index contributed by atoms with van der Waals surface area (Å²) in [6.07, 6.45) is 1.95.